The van der Waals surface area contributed by atoms with Gasteiger partial charge in [0.15, 0.2) is 5.43 Å². The summed E-state index contributed by atoms with van der Waals surface area (Å²) in [6, 6.07) is 7.69. The van der Waals surface area contributed by atoms with E-state index in [1.807, 2.05) is 13.0 Å². The van der Waals surface area contributed by atoms with E-state index in [0.717, 1.165) is 12.0 Å². The van der Waals surface area contributed by atoms with Crippen molar-refractivity contribution in [2.45, 2.75) is 84.5 Å². The lowest BCUT2D eigenvalue weighted by Crippen LogP contribution is -1.97. The molecule has 0 saturated carbocycles. The van der Waals surface area contributed by atoms with Crippen molar-refractivity contribution in [3.05, 3.63) is 45.6 Å². The first-order chi connectivity index (χ1) is 10.2. The van der Waals surface area contributed by atoms with Gasteiger partial charge in [-0.15, -0.1) is 0 Å². The molecule has 1 nitrogen and oxygen atoms in total. The Morgan fingerprint density at radius 1 is 0.810 bits per heavy atom. The molecule has 1 aromatic carbocycles. The van der Waals surface area contributed by atoms with Gasteiger partial charge in [-0.25, -0.2) is 0 Å². The van der Waals surface area contributed by atoms with Crippen LogP contribution in [-0.2, 0) is 6.42 Å². The van der Waals surface area contributed by atoms with Crippen molar-refractivity contribution >= 4 is 0 Å². The summed E-state index contributed by atoms with van der Waals surface area (Å²) in [5.41, 5.74) is 2.31. The molecular formula is C20H32O. The molecule has 0 fully saturated rings. The highest BCUT2D eigenvalue weighted by atomic mass is 16.1. The third-order valence-corrected chi connectivity index (χ3v) is 4.17. The Morgan fingerprint density at radius 2 is 1.38 bits per heavy atom. The maximum atomic E-state index is 11.5. The van der Waals surface area contributed by atoms with Crippen LogP contribution >= 0.6 is 0 Å². The van der Waals surface area contributed by atoms with Gasteiger partial charge in [-0.2, -0.15) is 0 Å². The third-order valence-electron chi connectivity index (χ3n) is 4.17. The van der Waals surface area contributed by atoms with Gasteiger partial charge < -0.3 is 0 Å². The third kappa shape index (κ3) is 8.70. The fraction of sp³-hybridized carbons (Fsp3) is 0.650. The Bertz CT molecular complexity index is 436. The first kappa shape index (κ1) is 17.9. The monoisotopic (exact) mass is 288 g/mol. The Morgan fingerprint density at radius 3 is 2.00 bits per heavy atom. The molecule has 0 unspecified atom stereocenters. The summed E-state index contributed by atoms with van der Waals surface area (Å²) in [7, 11) is 0. The summed E-state index contributed by atoms with van der Waals surface area (Å²) >= 11 is 0. The summed E-state index contributed by atoms with van der Waals surface area (Å²) < 4.78 is 0. The second-order valence-corrected chi connectivity index (χ2v) is 6.22. The molecule has 0 heterocycles. The van der Waals surface area contributed by atoms with Crippen LogP contribution in [0.1, 0.15) is 82.3 Å². The molecule has 1 heteroatoms. The normalized spacial score (nSPS) is 10.8. The van der Waals surface area contributed by atoms with Gasteiger partial charge in [0.1, 0.15) is 0 Å². The first-order valence-electron chi connectivity index (χ1n) is 8.84. The SMILES string of the molecule is CCCCCCCCCCCCc1cccc(=O)c(C)c1. The lowest BCUT2D eigenvalue weighted by Gasteiger charge is -2.02. The molecule has 0 aromatic heterocycles. The highest BCUT2D eigenvalue weighted by Crippen LogP contribution is 2.12. The average Bonchev–Trinajstić information content (AvgIpc) is 2.63. The van der Waals surface area contributed by atoms with E-state index in [4.69, 9.17) is 0 Å². The van der Waals surface area contributed by atoms with E-state index in [1.54, 1.807) is 6.07 Å². The fourth-order valence-electron chi connectivity index (χ4n) is 2.76. The molecule has 0 amide bonds. The van der Waals surface area contributed by atoms with Crippen molar-refractivity contribution in [3.8, 4) is 0 Å². The summed E-state index contributed by atoms with van der Waals surface area (Å²) in [5.74, 6) is 0. The summed E-state index contributed by atoms with van der Waals surface area (Å²) in [5, 5.41) is 0. The number of hydrogen-bond acceptors (Lipinski definition) is 1. The highest BCUT2D eigenvalue weighted by molar-refractivity contribution is 5.20. The van der Waals surface area contributed by atoms with Crippen molar-refractivity contribution in [3.63, 3.8) is 0 Å². The molecule has 0 atom stereocenters. The molecule has 0 radical (unpaired) electrons. The minimum Gasteiger partial charge on any atom is -0.290 e. The topological polar surface area (TPSA) is 17.1 Å². The largest absolute Gasteiger partial charge is 0.290 e. The zero-order valence-electron chi connectivity index (χ0n) is 14.0. The van der Waals surface area contributed by atoms with E-state index in [1.165, 1.54) is 69.8 Å². The number of hydrogen-bond donors (Lipinski definition) is 0. The van der Waals surface area contributed by atoms with Crippen LogP contribution in [0.5, 0.6) is 0 Å². The van der Waals surface area contributed by atoms with Gasteiger partial charge in [-0.1, -0.05) is 82.9 Å². The smallest absolute Gasteiger partial charge is 0.181 e. The van der Waals surface area contributed by atoms with Crippen LogP contribution < -0.4 is 5.43 Å². The van der Waals surface area contributed by atoms with Crippen LogP contribution in [0.3, 0.4) is 0 Å². The van der Waals surface area contributed by atoms with Gasteiger partial charge in [0.25, 0.3) is 0 Å². The molecule has 0 saturated heterocycles. The minimum atomic E-state index is 0.143. The van der Waals surface area contributed by atoms with Gasteiger partial charge in [-0.3, -0.25) is 4.79 Å². The molecule has 0 aliphatic carbocycles. The van der Waals surface area contributed by atoms with Crippen molar-refractivity contribution in [2.24, 2.45) is 0 Å². The standard InChI is InChI=1S/C20H32O/c1-3-4-5-6-7-8-9-10-11-12-14-19-15-13-16-20(21)18(2)17-19/h13,15-17H,3-12,14H2,1-2H3. The van der Waals surface area contributed by atoms with E-state index in [0.29, 0.717) is 0 Å². The molecule has 0 N–H and O–H groups in total. The molecule has 0 aliphatic heterocycles. The second kappa shape index (κ2) is 11.5. The van der Waals surface area contributed by atoms with Crippen LogP contribution in [0, 0.1) is 6.92 Å². The molecular weight excluding hydrogens is 256 g/mol. The summed E-state index contributed by atoms with van der Waals surface area (Å²) in [6.07, 6.45) is 14.8. The fourth-order valence-corrected chi connectivity index (χ4v) is 2.76. The number of rotatable bonds is 11. The van der Waals surface area contributed by atoms with E-state index in [9.17, 15) is 4.79 Å². The highest BCUT2D eigenvalue weighted by Gasteiger charge is 1.96. The van der Waals surface area contributed by atoms with Crippen LogP contribution in [0.4, 0.5) is 0 Å². The zero-order valence-corrected chi connectivity index (χ0v) is 14.0. The molecule has 0 bridgehead atoms. The summed E-state index contributed by atoms with van der Waals surface area (Å²) in [4.78, 5) is 11.5. The molecule has 0 aliphatic rings. The van der Waals surface area contributed by atoms with Crippen molar-refractivity contribution < 1.29 is 0 Å². The molecule has 0 spiro atoms. The molecule has 1 rings (SSSR count). The second-order valence-electron chi connectivity index (χ2n) is 6.22. The summed E-state index contributed by atoms with van der Waals surface area (Å²) in [6.45, 7) is 4.18. The Kier molecular flexibility index (Phi) is 9.86. The van der Waals surface area contributed by atoms with E-state index in [2.05, 4.69) is 19.1 Å². The van der Waals surface area contributed by atoms with Crippen LogP contribution in [0.2, 0.25) is 0 Å². The number of unbranched alkanes of at least 4 members (excludes halogenated alkanes) is 9. The maximum Gasteiger partial charge on any atom is 0.181 e. The Labute approximate surface area is 130 Å². The van der Waals surface area contributed by atoms with Crippen molar-refractivity contribution in [1.82, 2.24) is 0 Å². The first-order valence-corrected chi connectivity index (χ1v) is 8.84. The maximum absolute atomic E-state index is 11.5. The van der Waals surface area contributed by atoms with Gasteiger partial charge >= 0.3 is 0 Å². The molecule has 118 valence electrons. The van der Waals surface area contributed by atoms with Gasteiger partial charge in [0.2, 0.25) is 0 Å². The van der Waals surface area contributed by atoms with Gasteiger partial charge in [0, 0.05) is 0 Å². The van der Waals surface area contributed by atoms with Gasteiger partial charge in [0.05, 0.1) is 0 Å². The quantitative estimate of drug-likeness (QED) is 0.469. The van der Waals surface area contributed by atoms with E-state index >= 15 is 0 Å². The van der Waals surface area contributed by atoms with Crippen LogP contribution in [-0.4, -0.2) is 0 Å². The molecule has 1 aromatic rings. The predicted molar refractivity (Wildman–Crippen MR) is 93.0 cm³/mol. The van der Waals surface area contributed by atoms with E-state index in [-0.39, 0.29) is 5.43 Å². The van der Waals surface area contributed by atoms with Crippen LogP contribution in [0.15, 0.2) is 29.1 Å². The lowest BCUT2D eigenvalue weighted by molar-refractivity contribution is 0.556. The Balaban J connectivity index is 2.06. The van der Waals surface area contributed by atoms with Crippen molar-refractivity contribution in [1.29, 1.82) is 0 Å². The minimum absolute atomic E-state index is 0.143. The molecule has 21 heavy (non-hydrogen) atoms. The van der Waals surface area contributed by atoms with Gasteiger partial charge in [-0.05, 0) is 37.0 Å². The van der Waals surface area contributed by atoms with Crippen molar-refractivity contribution in [2.75, 3.05) is 0 Å². The zero-order chi connectivity index (χ0) is 15.3. The number of aryl methyl sites for hydroxylation is 2. The Hall–Kier alpha value is -1.11. The van der Waals surface area contributed by atoms with Crippen LogP contribution in [0.25, 0.3) is 0 Å². The average molecular weight is 288 g/mol. The predicted octanol–water partition coefficient (Wildman–Crippen LogP) is 5.82. The van der Waals surface area contributed by atoms with E-state index < -0.39 is 0 Å². The lowest BCUT2D eigenvalue weighted by atomic mass is 10.0.